The van der Waals surface area contributed by atoms with Gasteiger partial charge in [0, 0.05) is 18.0 Å². The highest BCUT2D eigenvalue weighted by atomic mass is 35.5. The number of quaternary nitrogens is 1. The number of carbonyl (C=O) groups excluding carboxylic acids is 1. The van der Waals surface area contributed by atoms with Crippen molar-refractivity contribution in [3.05, 3.63) is 59.4 Å². The number of nitrogens with two attached hydrogens (primary N) is 1. The first-order chi connectivity index (χ1) is 16.2. The number of imidazole rings is 1. The molecular weight excluding hydrogens is 471 g/mol. The van der Waals surface area contributed by atoms with Crippen molar-refractivity contribution in [2.45, 2.75) is 57.5 Å². The molecule has 1 aliphatic rings. The number of ether oxygens (including phenoxy) is 1. The van der Waals surface area contributed by atoms with Crippen LogP contribution in [0.15, 0.2) is 48.5 Å². The van der Waals surface area contributed by atoms with Crippen LogP contribution in [-0.2, 0) is 17.9 Å². The Balaban J connectivity index is 0.000000406. The van der Waals surface area contributed by atoms with E-state index in [0.29, 0.717) is 11.6 Å². The van der Waals surface area contributed by atoms with Gasteiger partial charge < -0.3 is 24.5 Å². The Kier molecular flexibility index (Phi) is 9.18. The number of hydrogen-bond acceptors (Lipinski definition) is 4. The summed E-state index contributed by atoms with van der Waals surface area (Å²) in [5.41, 5.74) is 2.23. The minimum Gasteiger partial charge on any atom is -0.542 e. The third kappa shape index (κ3) is 7.63. The number of aliphatic carboxylic acids is 1. The van der Waals surface area contributed by atoms with Crippen LogP contribution in [0.4, 0.5) is 13.2 Å². The van der Waals surface area contributed by atoms with Crippen LogP contribution in [0.3, 0.4) is 0 Å². The number of alkyl halides is 3. The van der Waals surface area contributed by atoms with E-state index in [-0.39, 0.29) is 0 Å². The van der Waals surface area contributed by atoms with Crippen LogP contribution in [0.5, 0.6) is 5.75 Å². The van der Waals surface area contributed by atoms with E-state index in [9.17, 15) is 13.2 Å². The van der Waals surface area contributed by atoms with Crippen molar-refractivity contribution < 1.29 is 33.1 Å². The predicted molar refractivity (Wildman–Crippen MR) is 120 cm³/mol. The Morgan fingerprint density at radius 1 is 1.18 bits per heavy atom. The Morgan fingerprint density at radius 2 is 1.88 bits per heavy atom. The topological polar surface area (TPSA) is 83.8 Å². The molecule has 4 rings (SSSR count). The van der Waals surface area contributed by atoms with E-state index in [0.717, 1.165) is 29.7 Å². The number of halogens is 4. The van der Waals surface area contributed by atoms with Crippen LogP contribution in [0.2, 0.25) is 5.02 Å². The molecular formula is C24H27ClF3N3O3. The number of piperidine rings is 1. The lowest BCUT2D eigenvalue weighted by atomic mass is 10.0. The smallest absolute Gasteiger partial charge is 0.430 e. The number of benzene rings is 2. The summed E-state index contributed by atoms with van der Waals surface area (Å²) in [6, 6.07) is 16.6. The molecule has 1 fully saturated rings. The molecule has 184 valence electrons. The number of carboxylic acid groups (broad SMARTS) is 1. The molecule has 3 aromatic rings. The largest absolute Gasteiger partial charge is 0.542 e. The molecule has 0 bridgehead atoms. The van der Waals surface area contributed by atoms with Crippen LogP contribution >= 0.6 is 11.6 Å². The average molecular weight is 498 g/mol. The lowest BCUT2D eigenvalue weighted by Crippen LogP contribution is -2.91. The Labute approximate surface area is 200 Å². The third-order valence-corrected chi connectivity index (χ3v) is 5.88. The van der Waals surface area contributed by atoms with Gasteiger partial charge in [-0.2, -0.15) is 13.2 Å². The van der Waals surface area contributed by atoms with Crippen LogP contribution in [-0.4, -0.2) is 34.3 Å². The van der Waals surface area contributed by atoms with Gasteiger partial charge in [0.1, 0.15) is 24.2 Å². The molecule has 6 nitrogen and oxygen atoms in total. The summed E-state index contributed by atoms with van der Waals surface area (Å²) in [6.45, 7) is 2.74. The highest BCUT2D eigenvalue weighted by molar-refractivity contribution is 6.30. The predicted octanol–water partition coefficient (Wildman–Crippen LogP) is 3.46. The van der Waals surface area contributed by atoms with Crippen LogP contribution in [0.1, 0.15) is 37.9 Å². The summed E-state index contributed by atoms with van der Waals surface area (Å²) >= 11 is 5.95. The third-order valence-electron chi connectivity index (χ3n) is 5.63. The van der Waals surface area contributed by atoms with Crippen molar-refractivity contribution in [1.29, 1.82) is 0 Å². The Bertz CT molecular complexity index is 1060. The van der Waals surface area contributed by atoms with E-state index in [2.05, 4.69) is 28.1 Å². The van der Waals surface area contributed by atoms with E-state index in [1.807, 2.05) is 30.3 Å². The van der Waals surface area contributed by atoms with Gasteiger partial charge >= 0.3 is 6.18 Å². The molecule has 1 saturated heterocycles. The Hall–Kier alpha value is -2.78. The molecule has 0 aliphatic carbocycles. The minimum atomic E-state index is -5.19. The molecule has 1 aliphatic heterocycles. The second-order valence-electron chi connectivity index (χ2n) is 8.12. The fourth-order valence-corrected chi connectivity index (χ4v) is 4.09. The van der Waals surface area contributed by atoms with Crippen molar-refractivity contribution in [3.8, 4) is 5.75 Å². The summed E-state index contributed by atoms with van der Waals surface area (Å²) in [4.78, 5) is 13.6. The second kappa shape index (κ2) is 12.1. The summed E-state index contributed by atoms with van der Waals surface area (Å²) in [7, 11) is 0. The minimum absolute atomic E-state index is 0.464. The molecule has 1 aromatic heterocycles. The first-order valence-corrected chi connectivity index (χ1v) is 11.6. The average Bonchev–Trinajstić information content (AvgIpc) is 3.17. The van der Waals surface area contributed by atoms with Crippen molar-refractivity contribution in [1.82, 2.24) is 9.55 Å². The van der Waals surface area contributed by atoms with Crippen LogP contribution < -0.4 is 15.2 Å². The SMILES string of the molecule is Clc1ccc(OCc2nc3ccccc3n2CCCC2CCCC[NH2+]2)cc1.O=C([O-])C(F)(F)F. The first-order valence-electron chi connectivity index (χ1n) is 11.2. The van der Waals surface area contributed by atoms with Gasteiger partial charge in [0.25, 0.3) is 0 Å². The van der Waals surface area contributed by atoms with Crippen LogP contribution in [0.25, 0.3) is 11.0 Å². The van der Waals surface area contributed by atoms with Crippen molar-refractivity contribution in [3.63, 3.8) is 0 Å². The van der Waals surface area contributed by atoms with Gasteiger partial charge in [0.15, 0.2) is 0 Å². The summed E-state index contributed by atoms with van der Waals surface area (Å²) < 4.78 is 39.8. The van der Waals surface area contributed by atoms with Gasteiger partial charge in [-0.1, -0.05) is 23.7 Å². The molecule has 34 heavy (non-hydrogen) atoms. The number of aromatic nitrogens is 2. The maximum atomic E-state index is 10.5. The van der Waals surface area contributed by atoms with Crippen LogP contribution in [0, 0.1) is 0 Å². The number of fused-ring (bicyclic) bond motifs is 1. The molecule has 2 heterocycles. The zero-order chi connectivity index (χ0) is 24.6. The fraction of sp³-hybridized carbons (Fsp3) is 0.417. The lowest BCUT2D eigenvalue weighted by Gasteiger charge is -2.20. The molecule has 10 heteroatoms. The molecule has 1 atom stereocenters. The van der Waals surface area contributed by atoms with E-state index >= 15 is 0 Å². The zero-order valence-electron chi connectivity index (χ0n) is 18.6. The molecule has 0 saturated carbocycles. The number of aryl methyl sites for hydroxylation is 1. The number of rotatable bonds is 7. The van der Waals surface area contributed by atoms with E-state index < -0.39 is 12.1 Å². The highest BCUT2D eigenvalue weighted by Gasteiger charge is 2.28. The number of carbonyl (C=O) groups is 1. The normalized spacial score (nSPS) is 16.1. The molecule has 0 amide bonds. The van der Waals surface area contributed by atoms with Crippen molar-refractivity contribution in [2.75, 3.05) is 6.54 Å². The maximum absolute atomic E-state index is 10.5. The summed E-state index contributed by atoms with van der Waals surface area (Å²) in [5.74, 6) is -1.21. The molecule has 0 radical (unpaired) electrons. The highest BCUT2D eigenvalue weighted by Crippen LogP contribution is 2.21. The van der Waals surface area contributed by atoms with Gasteiger partial charge in [0.05, 0.1) is 23.6 Å². The molecule has 2 N–H and O–H groups in total. The molecule has 1 unspecified atom stereocenters. The number of nitrogens with zero attached hydrogens (tertiary/aromatic N) is 2. The summed E-state index contributed by atoms with van der Waals surface area (Å²) in [6.07, 6.45) is 1.36. The Morgan fingerprint density at radius 3 is 2.53 bits per heavy atom. The van der Waals surface area contributed by atoms with Gasteiger partial charge in [0.2, 0.25) is 0 Å². The number of hydrogen-bond donors (Lipinski definition) is 1. The molecule has 2 aromatic carbocycles. The van der Waals surface area contributed by atoms with Gasteiger partial charge in [-0.05, 0) is 62.1 Å². The fourth-order valence-electron chi connectivity index (χ4n) is 3.96. The molecule has 0 spiro atoms. The quantitative estimate of drug-likeness (QED) is 0.542. The zero-order valence-corrected chi connectivity index (χ0v) is 19.3. The second-order valence-corrected chi connectivity index (χ2v) is 8.56. The number of para-hydroxylation sites is 2. The van der Waals surface area contributed by atoms with Gasteiger partial charge in [-0.3, -0.25) is 0 Å². The number of carboxylic acids is 1. The van der Waals surface area contributed by atoms with E-state index in [1.54, 1.807) is 0 Å². The lowest BCUT2D eigenvalue weighted by molar-refractivity contribution is -0.698. The van der Waals surface area contributed by atoms with E-state index in [4.69, 9.17) is 31.2 Å². The van der Waals surface area contributed by atoms with E-state index in [1.165, 1.54) is 44.2 Å². The maximum Gasteiger partial charge on any atom is 0.430 e. The first kappa shape index (κ1) is 25.8. The summed E-state index contributed by atoms with van der Waals surface area (Å²) in [5, 5.41) is 12.0. The van der Waals surface area contributed by atoms with Crippen molar-refractivity contribution >= 4 is 28.6 Å². The van der Waals surface area contributed by atoms with Crippen molar-refractivity contribution in [2.24, 2.45) is 0 Å². The monoisotopic (exact) mass is 497 g/mol. The standard InChI is InChI=1S/C22H26ClN3O.C2HF3O2/c23-17-10-12-19(13-11-17)27-16-22-25-20-8-1-2-9-21(20)26(22)15-5-7-18-6-3-4-14-24-18;3-2(4,5)1(6)7/h1-2,8-13,18,24H,3-7,14-16H2;(H,6,7). The van der Waals surface area contributed by atoms with Gasteiger partial charge in [-0.15, -0.1) is 0 Å². The van der Waals surface area contributed by atoms with Gasteiger partial charge in [-0.25, -0.2) is 4.98 Å².